The lowest BCUT2D eigenvalue weighted by Gasteiger charge is -2.21. The molecule has 0 aliphatic carbocycles. The molecular weight excluding hydrogens is 174 g/mol. The van der Waals surface area contributed by atoms with Gasteiger partial charge in [-0.25, -0.2) is 0 Å². The van der Waals surface area contributed by atoms with Crippen LogP contribution in [0.5, 0.6) is 0 Å². The number of hydrogen-bond acceptors (Lipinski definition) is 4. The fraction of sp³-hybridized carbons (Fsp3) is 0.875. The minimum Gasteiger partial charge on any atom is -0.459 e. The molecule has 0 radical (unpaired) electrons. The number of carbonyl (C=O) groups excluding carboxylic acids is 1. The molecule has 0 saturated carbocycles. The van der Waals surface area contributed by atoms with Crippen LogP contribution in [0.15, 0.2) is 0 Å². The predicted octanol–water partition coefficient (Wildman–Crippen LogP) is 0.975. The van der Waals surface area contributed by atoms with E-state index >= 15 is 0 Å². The number of rotatable bonds is 3. The van der Waals surface area contributed by atoms with Gasteiger partial charge in [0.15, 0.2) is 0 Å². The van der Waals surface area contributed by atoms with Crippen LogP contribution < -0.4 is 5.73 Å². The van der Waals surface area contributed by atoms with Crippen molar-refractivity contribution < 1.29 is 9.53 Å². The molecule has 72 valence electrons. The van der Waals surface area contributed by atoms with Crippen LogP contribution in [0.25, 0.3) is 0 Å². The lowest BCUT2D eigenvalue weighted by atomic mass is 10.2. The molecule has 0 spiro atoms. The largest absolute Gasteiger partial charge is 0.459 e. The maximum absolute atomic E-state index is 11.2. The Labute approximate surface area is 79.1 Å². The molecule has 0 aliphatic rings. The van der Waals surface area contributed by atoms with Gasteiger partial charge in [0.1, 0.15) is 11.6 Å². The maximum Gasteiger partial charge on any atom is 0.323 e. The topological polar surface area (TPSA) is 52.3 Å². The van der Waals surface area contributed by atoms with Crippen molar-refractivity contribution in [2.24, 2.45) is 5.73 Å². The average molecular weight is 191 g/mol. The molecular formula is C8H17NO2S. The van der Waals surface area contributed by atoms with E-state index in [0.717, 1.165) is 0 Å². The Kier molecular flexibility index (Phi) is 4.63. The van der Waals surface area contributed by atoms with Gasteiger partial charge in [0.2, 0.25) is 0 Å². The summed E-state index contributed by atoms with van der Waals surface area (Å²) < 4.78 is 5.05. The van der Waals surface area contributed by atoms with Gasteiger partial charge in [0.05, 0.1) is 0 Å². The Morgan fingerprint density at radius 2 is 2.08 bits per heavy atom. The van der Waals surface area contributed by atoms with Gasteiger partial charge in [-0.3, -0.25) is 4.79 Å². The van der Waals surface area contributed by atoms with Gasteiger partial charge in [-0.15, -0.1) is 0 Å². The number of nitrogens with two attached hydrogens (primary N) is 1. The summed E-state index contributed by atoms with van der Waals surface area (Å²) in [4.78, 5) is 11.2. The minimum absolute atomic E-state index is 0.350. The number of carbonyl (C=O) groups is 1. The van der Waals surface area contributed by atoms with Crippen LogP contribution in [-0.4, -0.2) is 23.4 Å². The van der Waals surface area contributed by atoms with Gasteiger partial charge < -0.3 is 10.5 Å². The smallest absolute Gasteiger partial charge is 0.323 e. The summed E-state index contributed by atoms with van der Waals surface area (Å²) in [6.45, 7) is 5.45. The SMILES string of the molecule is CC(C)(C)OC(=O)C(N)CCS. The monoisotopic (exact) mass is 191 g/mol. The molecule has 0 bridgehead atoms. The highest BCUT2D eigenvalue weighted by Crippen LogP contribution is 2.08. The third-order valence-corrected chi connectivity index (χ3v) is 1.41. The molecule has 4 heteroatoms. The molecule has 0 rings (SSSR count). The fourth-order valence-corrected chi connectivity index (χ4v) is 0.913. The van der Waals surface area contributed by atoms with Crippen molar-refractivity contribution in [3.05, 3.63) is 0 Å². The molecule has 0 saturated heterocycles. The van der Waals surface area contributed by atoms with Crippen molar-refractivity contribution in [1.29, 1.82) is 0 Å². The summed E-state index contributed by atoms with van der Waals surface area (Å²) in [5.41, 5.74) is 5.06. The second-order valence-corrected chi connectivity index (χ2v) is 4.10. The highest BCUT2D eigenvalue weighted by Gasteiger charge is 2.21. The molecule has 0 aromatic carbocycles. The minimum atomic E-state index is -0.540. The van der Waals surface area contributed by atoms with E-state index in [9.17, 15) is 4.79 Å². The zero-order valence-electron chi connectivity index (χ0n) is 7.83. The summed E-state index contributed by atoms with van der Waals surface area (Å²) >= 11 is 3.98. The fourth-order valence-electron chi connectivity index (χ4n) is 0.634. The molecule has 1 unspecified atom stereocenters. The van der Waals surface area contributed by atoms with Crippen LogP contribution in [0.3, 0.4) is 0 Å². The predicted molar refractivity (Wildman–Crippen MR) is 52.3 cm³/mol. The van der Waals surface area contributed by atoms with Gasteiger partial charge >= 0.3 is 5.97 Å². The highest BCUT2D eigenvalue weighted by atomic mass is 32.1. The van der Waals surface area contributed by atoms with E-state index in [1.807, 2.05) is 20.8 Å². The second kappa shape index (κ2) is 4.72. The third kappa shape index (κ3) is 5.43. The number of thiol groups is 1. The second-order valence-electron chi connectivity index (χ2n) is 3.65. The van der Waals surface area contributed by atoms with Gasteiger partial charge in [0.25, 0.3) is 0 Å². The molecule has 3 nitrogen and oxygen atoms in total. The summed E-state index contributed by atoms with van der Waals surface area (Å²) in [7, 11) is 0. The van der Waals surface area contributed by atoms with Crippen LogP contribution in [-0.2, 0) is 9.53 Å². The summed E-state index contributed by atoms with van der Waals surface area (Å²) in [5.74, 6) is 0.247. The van der Waals surface area contributed by atoms with E-state index < -0.39 is 11.6 Å². The molecule has 0 heterocycles. The van der Waals surface area contributed by atoms with Crippen LogP contribution in [0, 0.1) is 0 Å². The number of esters is 1. The van der Waals surface area contributed by atoms with E-state index in [2.05, 4.69) is 12.6 Å². The molecule has 0 aromatic heterocycles. The Bertz CT molecular complexity index is 154. The number of hydrogen-bond donors (Lipinski definition) is 2. The Hall–Kier alpha value is -0.220. The van der Waals surface area contributed by atoms with Crippen molar-refractivity contribution >= 4 is 18.6 Å². The first-order valence-electron chi connectivity index (χ1n) is 3.96. The molecule has 0 fully saturated rings. The van der Waals surface area contributed by atoms with Gasteiger partial charge in [-0.2, -0.15) is 12.6 Å². The summed E-state index contributed by atoms with van der Waals surface area (Å²) in [5, 5.41) is 0. The summed E-state index contributed by atoms with van der Waals surface area (Å²) in [6.07, 6.45) is 0.554. The molecule has 12 heavy (non-hydrogen) atoms. The molecule has 0 amide bonds. The van der Waals surface area contributed by atoms with Gasteiger partial charge in [-0.05, 0) is 32.9 Å². The van der Waals surface area contributed by atoms with Gasteiger partial charge in [0, 0.05) is 0 Å². The Morgan fingerprint density at radius 1 is 1.58 bits per heavy atom. The van der Waals surface area contributed by atoms with Crippen LogP contribution in [0.4, 0.5) is 0 Å². The highest BCUT2D eigenvalue weighted by molar-refractivity contribution is 7.80. The Morgan fingerprint density at radius 3 is 2.42 bits per heavy atom. The van der Waals surface area contributed by atoms with Crippen LogP contribution >= 0.6 is 12.6 Å². The lowest BCUT2D eigenvalue weighted by molar-refractivity contribution is -0.156. The normalized spacial score (nSPS) is 14.1. The average Bonchev–Trinajstić information content (AvgIpc) is 1.84. The van der Waals surface area contributed by atoms with Crippen molar-refractivity contribution in [3.63, 3.8) is 0 Å². The van der Waals surface area contributed by atoms with Gasteiger partial charge in [-0.1, -0.05) is 0 Å². The van der Waals surface area contributed by atoms with Crippen molar-refractivity contribution in [2.75, 3.05) is 5.75 Å². The summed E-state index contributed by atoms with van der Waals surface area (Å²) in [6, 6.07) is -0.540. The number of ether oxygens (including phenoxy) is 1. The first-order chi connectivity index (χ1) is 5.37. The van der Waals surface area contributed by atoms with Crippen molar-refractivity contribution in [2.45, 2.75) is 38.8 Å². The van der Waals surface area contributed by atoms with E-state index in [-0.39, 0.29) is 5.97 Å². The third-order valence-electron chi connectivity index (χ3n) is 1.15. The van der Waals surface area contributed by atoms with Crippen LogP contribution in [0.1, 0.15) is 27.2 Å². The zero-order chi connectivity index (χ0) is 9.78. The van der Waals surface area contributed by atoms with E-state index in [0.29, 0.717) is 12.2 Å². The molecule has 0 aromatic rings. The molecule has 0 aliphatic heterocycles. The van der Waals surface area contributed by atoms with Crippen LogP contribution in [0.2, 0.25) is 0 Å². The van der Waals surface area contributed by atoms with E-state index in [1.165, 1.54) is 0 Å². The standard InChI is InChI=1S/C8H17NO2S/c1-8(2,3)11-7(10)6(9)4-5-12/h6,12H,4-5,9H2,1-3H3. The zero-order valence-corrected chi connectivity index (χ0v) is 8.73. The molecule has 1 atom stereocenters. The van der Waals surface area contributed by atoms with E-state index in [4.69, 9.17) is 10.5 Å². The Balaban J connectivity index is 3.87. The van der Waals surface area contributed by atoms with Crippen molar-refractivity contribution in [1.82, 2.24) is 0 Å². The first kappa shape index (κ1) is 11.8. The first-order valence-corrected chi connectivity index (χ1v) is 4.59. The molecule has 2 N–H and O–H groups in total. The maximum atomic E-state index is 11.2. The van der Waals surface area contributed by atoms with Crippen molar-refractivity contribution in [3.8, 4) is 0 Å². The lowest BCUT2D eigenvalue weighted by Crippen LogP contribution is -2.37. The van der Waals surface area contributed by atoms with E-state index in [1.54, 1.807) is 0 Å². The quantitative estimate of drug-likeness (QED) is 0.516.